The minimum absolute atomic E-state index is 0.219. The Labute approximate surface area is 105 Å². The highest BCUT2D eigenvalue weighted by Crippen LogP contribution is 2.15. The molecular weight excluding hydrogens is 240 g/mol. The minimum atomic E-state index is -0.219. The van der Waals surface area contributed by atoms with E-state index < -0.39 is 0 Å². The van der Waals surface area contributed by atoms with Crippen LogP contribution >= 0.6 is 11.6 Å². The first-order chi connectivity index (χ1) is 8.00. The van der Waals surface area contributed by atoms with Gasteiger partial charge < -0.3 is 10.1 Å². The van der Waals surface area contributed by atoms with E-state index in [0.717, 1.165) is 5.65 Å². The molecule has 0 aliphatic carbocycles. The SMILES string of the molecule is COCC(C)(C)Nc1nc2ccc(Cl)cn2n1. The second-order valence-corrected chi connectivity index (χ2v) is 4.96. The van der Waals surface area contributed by atoms with Gasteiger partial charge in [0, 0.05) is 13.3 Å². The normalized spacial score (nSPS) is 12.0. The van der Waals surface area contributed by atoms with E-state index in [1.54, 1.807) is 23.9 Å². The third kappa shape index (κ3) is 2.87. The number of pyridine rings is 1. The first-order valence-electron chi connectivity index (χ1n) is 5.29. The number of methoxy groups -OCH3 is 1. The van der Waals surface area contributed by atoms with Crippen LogP contribution in [0.3, 0.4) is 0 Å². The Kier molecular flexibility index (Phi) is 3.22. The summed E-state index contributed by atoms with van der Waals surface area (Å²) in [5.41, 5.74) is 0.536. The summed E-state index contributed by atoms with van der Waals surface area (Å²) in [5, 5.41) is 8.14. The Bertz CT molecular complexity index is 523. The summed E-state index contributed by atoms with van der Waals surface area (Å²) in [6.45, 7) is 4.62. The third-order valence-corrected chi connectivity index (χ3v) is 2.47. The maximum absolute atomic E-state index is 5.88. The average molecular weight is 255 g/mol. The van der Waals surface area contributed by atoms with E-state index >= 15 is 0 Å². The molecule has 0 saturated heterocycles. The third-order valence-electron chi connectivity index (χ3n) is 2.25. The lowest BCUT2D eigenvalue weighted by Gasteiger charge is -2.23. The van der Waals surface area contributed by atoms with Crippen LogP contribution in [0.2, 0.25) is 5.02 Å². The molecule has 5 nitrogen and oxygen atoms in total. The van der Waals surface area contributed by atoms with Crippen LogP contribution in [0.4, 0.5) is 5.95 Å². The molecule has 6 heteroatoms. The predicted octanol–water partition coefficient (Wildman–Crippen LogP) is 2.22. The number of hydrogen-bond acceptors (Lipinski definition) is 4. The summed E-state index contributed by atoms with van der Waals surface area (Å²) in [6, 6.07) is 3.61. The highest BCUT2D eigenvalue weighted by atomic mass is 35.5. The van der Waals surface area contributed by atoms with Gasteiger partial charge in [0.2, 0.25) is 5.95 Å². The molecule has 2 aromatic rings. The van der Waals surface area contributed by atoms with Gasteiger partial charge in [0.1, 0.15) is 0 Å². The molecule has 0 saturated carbocycles. The number of nitrogens with one attached hydrogen (secondary N) is 1. The van der Waals surface area contributed by atoms with Gasteiger partial charge in [-0.2, -0.15) is 4.98 Å². The Morgan fingerprint density at radius 2 is 2.24 bits per heavy atom. The van der Waals surface area contributed by atoms with Crippen LogP contribution in [0, 0.1) is 0 Å². The minimum Gasteiger partial charge on any atom is -0.382 e. The van der Waals surface area contributed by atoms with Gasteiger partial charge in [0.25, 0.3) is 0 Å². The van der Waals surface area contributed by atoms with Gasteiger partial charge in [0.15, 0.2) is 5.65 Å². The molecule has 0 aliphatic rings. The van der Waals surface area contributed by atoms with E-state index in [0.29, 0.717) is 17.6 Å². The van der Waals surface area contributed by atoms with Crippen LogP contribution < -0.4 is 5.32 Å². The van der Waals surface area contributed by atoms with Crippen molar-refractivity contribution in [3.8, 4) is 0 Å². The van der Waals surface area contributed by atoms with Crippen LogP contribution in [0.15, 0.2) is 18.3 Å². The molecule has 2 heterocycles. The van der Waals surface area contributed by atoms with Crippen molar-refractivity contribution in [3.05, 3.63) is 23.4 Å². The Hall–Kier alpha value is -1.33. The quantitative estimate of drug-likeness (QED) is 0.909. The van der Waals surface area contributed by atoms with E-state index in [4.69, 9.17) is 16.3 Å². The smallest absolute Gasteiger partial charge is 0.243 e. The van der Waals surface area contributed by atoms with Crippen molar-refractivity contribution >= 4 is 23.2 Å². The molecule has 1 N–H and O–H groups in total. The zero-order valence-corrected chi connectivity index (χ0v) is 10.8. The molecule has 0 radical (unpaired) electrons. The summed E-state index contributed by atoms with van der Waals surface area (Å²) < 4.78 is 6.77. The zero-order chi connectivity index (χ0) is 12.5. The lowest BCUT2D eigenvalue weighted by atomic mass is 10.1. The van der Waals surface area contributed by atoms with Crippen LogP contribution in [-0.4, -0.2) is 33.9 Å². The zero-order valence-electron chi connectivity index (χ0n) is 10.1. The van der Waals surface area contributed by atoms with Crippen LogP contribution in [-0.2, 0) is 4.74 Å². The van der Waals surface area contributed by atoms with Crippen LogP contribution in [0.25, 0.3) is 5.65 Å². The fourth-order valence-corrected chi connectivity index (χ4v) is 1.77. The van der Waals surface area contributed by atoms with E-state index in [1.165, 1.54) is 0 Å². The van der Waals surface area contributed by atoms with Crippen LogP contribution in [0.5, 0.6) is 0 Å². The number of aromatic nitrogens is 3. The Morgan fingerprint density at radius 3 is 2.94 bits per heavy atom. The van der Waals surface area contributed by atoms with E-state index in [-0.39, 0.29) is 5.54 Å². The summed E-state index contributed by atoms with van der Waals surface area (Å²) in [6.07, 6.45) is 1.72. The molecule has 17 heavy (non-hydrogen) atoms. The molecular formula is C11H15ClN4O. The van der Waals surface area contributed by atoms with Crippen molar-refractivity contribution in [2.45, 2.75) is 19.4 Å². The van der Waals surface area contributed by atoms with Crippen molar-refractivity contribution in [1.29, 1.82) is 0 Å². The van der Waals surface area contributed by atoms with Crippen LogP contribution in [0.1, 0.15) is 13.8 Å². The highest BCUT2D eigenvalue weighted by Gasteiger charge is 2.19. The van der Waals surface area contributed by atoms with Gasteiger partial charge in [-0.3, -0.25) is 0 Å². The van der Waals surface area contributed by atoms with Gasteiger partial charge in [-0.05, 0) is 26.0 Å². The maximum atomic E-state index is 5.88. The molecule has 2 aromatic heterocycles. The first-order valence-corrected chi connectivity index (χ1v) is 5.67. The summed E-state index contributed by atoms with van der Waals surface area (Å²) in [4.78, 5) is 4.35. The van der Waals surface area contributed by atoms with Gasteiger partial charge in [-0.15, -0.1) is 5.10 Å². The van der Waals surface area contributed by atoms with Gasteiger partial charge in [-0.1, -0.05) is 11.6 Å². The van der Waals surface area contributed by atoms with Crippen molar-refractivity contribution in [3.63, 3.8) is 0 Å². The molecule has 0 aromatic carbocycles. The average Bonchev–Trinajstić information content (AvgIpc) is 2.57. The Morgan fingerprint density at radius 1 is 1.47 bits per heavy atom. The maximum Gasteiger partial charge on any atom is 0.243 e. The topological polar surface area (TPSA) is 51.5 Å². The molecule has 0 unspecified atom stereocenters. The number of anilines is 1. The lowest BCUT2D eigenvalue weighted by molar-refractivity contribution is 0.158. The second kappa shape index (κ2) is 4.50. The number of fused-ring (bicyclic) bond motifs is 1. The number of ether oxygens (including phenoxy) is 1. The number of nitrogens with zero attached hydrogens (tertiary/aromatic N) is 3. The highest BCUT2D eigenvalue weighted by molar-refractivity contribution is 6.30. The van der Waals surface area contributed by atoms with Gasteiger partial charge in [0.05, 0.1) is 17.2 Å². The molecule has 0 bridgehead atoms. The predicted molar refractivity (Wildman–Crippen MR) is 67.6 cm³/mol. The summed E-state index contributed by atoms with van der Waals surface area (Å²) >= 11 is 5.88. The monoisotopic (exact) mass is 254 g/mol. The fourth-order valence-electron chi connectivity index (χ4n) is 1.61. The van der Waals surface area contributed by atoms with Crippen molar-refractivity contribution in [2.24, 2.45) is 0 Å². The van der Waals surface area contributed by atoms with Gasteiger partial charge >= 0.3 is 0 Å². The molecule has 2 rings (SSSR count). The lowest BCUT2D eigenvalue weighted by Crippen LogP contribution is -2.36. The van der Waals surface area contributed by atoms with Crippen molar-refractivity contribution in [2.75, 3.05) is 19.0 Å². The largest absolute Gasteiger partial charge is 0.382 e. The van der Waals surface area contributed by atoms with E-state index in [2.05, 4.69) is 15.4 Å². The van der Waals surface area contributed by atoms with Crippen molar-refractivity contribution < 1.29 is 4.74 Å². The number of hydrogen-bond donors (Lipinski definition) is 1. The second-order valence-electron chi connectivity index (χ2n) is 4.53. The molecule has 0 atom stereocenters. The first kappa shape index (κ1) is 12.1. The number of rotatable bonds is 4. The molecule has 0 aliphatic heterocycles. The number of halogens is 1. The fraction of sp³-hybridized carbons (Fsp3) is 0.455. The van der Waals surface area contributed by atoms with E-state index in [9.17, 15) is 0 Å². The molecule has 92 valence electrons. The molecule has 0 fully saturated rings. The molecule has 0 spiro atoms. The molecule has 0 amide bonds. The van der Waals surface area contributed by atoms with Gasteiger partial charge in [-0.25, -0.2) is 4.52 Å². The standard InChI is InChI=1S/C11H15ClN4O/c1-11(2,7-17-3)14-10-13-9-5-4-8(12)6-16(9)15-10/h4-6H,7H2,1-3H3,(H,14,15). The Balaban J connectivity index is 2.25. The van der Waals surface area contributed by atoms with E-state index in [1.807, 2.05) is 19.9 Å². The summed E-state index contributed by atoms with van der Waals surface area (Å²) in [5.74, 6) is 0.564. The van der Waals surface area contributed by atoms with Crippen molar-refractivity contribution in [1.82, 2.24) is 14.6 Å². The summed E-state index contributed by atoms with van der Waals surface area (Å²) in [7, 11) is 1.67.